The molecule has 3 rings (SSSR count). The first-order chi connectivity index (χ1) is 14.3. The van der Waals surface area contributed by atoms with Gasteiger partial charge < -0.3 is 16.0 Å². The first-order valence-corrected chi connectivity index (χ1v) is 12.3. The highest BCUT2D eigenvalue weighted by atomic mass is 35.5. The van der Waals surface area contributed by atoms with Crippen molar-refractivity contribution in [3.63, 3.8) is 0 Å². The van der Waals surface area contributed by atoms with Crippen molar-refractivity contribution in [1.29, 1.82) is 0 Å². The van der Waals surface area contributed by atoms with E-state index in [4.69, 9.17) is 28.9 Å². The first kappa shape index (κ1) is 23.1. The summed E-state index contributed by atoms with van der Waals surface area (Å²) < 4.78 is 12.1. The van der Waals surface area contributed by atoms with Crippen molar-refractivity contribution < 1.29 is 9.00 Å². The van der Waals surface area contributed by atoms with Crippen LogP contribution in [-0.4, -0.2) is 41.0 Å². The molecule has 0 aromatic heterocycles. The number of nitrogens with one attached hydrogen (secondary N) is 1. The van der Waals surface area contributed by atoms with E-state index in [1.807, 2.05) is 24.3 Å². The molecular formula is C22H27Cl2N3O2S. The van der Waals surface area contributed by atoms with Crippen LogP contribution in [0, 0.1) is 0 Å². The largest absolute Gasteiger partial charge is 0.352 e. The Kier molecular flexibility index (Phi) is 8.17. The van der Waals surface area contributed by atoms with Crippen LogP contribution in [0.3, 0.4) is 0 Å². The average molecular weight is 468 g/mol. The van der Waals surface area contributed by atoms with Crippen LogP contribution >= 0.6 is 23.2 Å². The molecule has 2 amide bonds. The van der Waals surface area contributed by atoms with Crippen molar-refractivity contribution in [2.45, 2.75) is 36.1 Å². The fraction of sp³-hybridized carbons (Fsp3) is 0.409. The summed E-state index contributed by atoms with van der Waals surface area (Å²) in [5.74, 6) is 0.427. The van der Waals surface area contributed by atoms with Gasteiger partial charge in [-0.25, -0.2) is 4.79 Å². The lowest BCUT2D eigenvalue weighted by Crippen LogP contribution is -2.38. The molecule has 2 aromatic rings. The highest BCUT2D eigenvalue weighted by Gasteiger charge is 2.24. The second kappa shape index (κ2) is 10.6. The number of urea groups is 1. The average Bonchev–Trinajstić information content (AvgIpc) is 2.73. The zero-order valence-electron chi connectivity index (χ0n) is 16.9. The quantitative estimate of drug-likeness (QED) is 0.618. The van der Waals surface area contributed by atoms with Gasteiger partial charge >= 0.3 is 6.03 Å². The molecule has 0 spiro atoms. The van der Waals surface area contributed by atoms with Gasteiger partial charge in [-0.05, 0) is 67.6 Å². The highest BCUT2D eigenvalue weighted by Crippen LogP contribution is 2.32. The molecule has 0 saturated carbocycles. The number of amides is 2. The lowest BCUT2D eigenvalue weighted by Gasteiger charge is -2.33. The standard InChI is InChI=1S/C22H27Cl2N3O2S/c1-30(29)21-5-3-2-4-17(21)15-8-11-27(12-9-15)13-10-20(26-22(25)28)16-6-7-18(23)19(24)14-16/h2-7,14-15,20H,8-13H2,1H3,(H3,25,26,28). The van der Waals surface area contributed by atoms with Crippen molar-refractivity contribution in [2.75, 3.05) is 25.9 Å². The van der Waals surface area contributed by atoms with Gasteiger partial charge in [0.15, 0.2) is 0 Å². The minimum Gasteiger partial charge on any atom is -0.352 e. The maximum atomic E-state index is 12.1. The molecule has 1 heterocycles. The summed E-state index contributed by atoms with van der Waals surface area (Å²) in [4.78, 5) is 14.8. The maximum absolute atomic E-state index is 12.1. The molecule has 1 aliphatic heterocycles. The van der Waals surface area contributed by atoms with E-state index in [1.54, 1.807) is 18.4 Å². The molecule has 0 radical (unpaired) electrons. The molecule has 30 heavy (non-hydrogen) atoms. The number of carbonyl (C=O) groups is 1. The zero-order chi connectivity index (χ0) is 21.7. The predicted molar refractivity (Wildman–Crippen MR) is 124 cm³/mol. The summed E-state index contributed by atoms with van der Waals surface area (Å²) in [7, 11) is -0.977. The monoisotopic (exact) mass is 467 g/mol. The molecule has 0 bridgehead atoms. The zero-order valence-corrected chi connectivity index (χ0v) is 19.3. The first-order valence-electron chi connectivity index (χ1n) is 10.0. The van der Waals surface area contributed by atoms with Crippen LogP contribution < -0.4 is 11.1 Å². The van der Waals surface area contributed by atoms with Crippen LogP contribution in [0.15, 0.2) is 47.4 Å². The number of halogens is 2. The number of nitrogens with two attached hydrogens (primary N) is 1. The van der Waals surface area contributed by atoms with Gasteiger partial charge in [0.05, 0.1) is 26.9 Å². The fourth-order valence-electron chi connectivity index (χ4n) is 4.08. The van der Waals surface area contributed by atoms with E-state index >= 15 is 0 Å². The Labute approximate surface area is 190 Å². The second-order valence-electron chi connectivity index (χ2n) is 7.63. The van der Waals surface area contributed by atoms with Gasteiger partial charge in [-0.2, -0.15) is 0 Å². The van der Waals surface area contributed by atoms with Gasteiger partial charge in [0, 0.05) is 17.7 Å². The van der Waals surface area contributed by atoms with E-state index in [-0.39, 0.29) is 6.04 Å². The van der Waals surface area contributed by atoms with Gasteiger partial charge in [-0.3, -0.25) is 4.21 Å². The molecule has 5 nitrogen and oxygen atoms in total. The predicted octanol–water partition coefficient (Wildman–Crippen LogP) is 4.71. The summed E-state index contributed by atoms with van der Waals surface area (Å²) >= 11 is 12.2. The lowest BCUT2D eigenvalue weighted by molar-refractivity contribution is 0.200. The van der Waals surface area contributed by atoms with Crippen LogP contribution in [0.25, 0.3) is 0 Å². The number of likely N-dealkylation sites (tertiary alicyclic amines) is 1. The minimum absolute atomic E-state index is 0.224. The van der Waals surface area contributed by atoms with E-state index in [9.17, 15) is 9.00 Å². The Morgan fingerprint density at radius 3 is 2.53 bits per heavy atom. The summed E-state index contributed by atoms with van der Waals surface area (Å²) in [6, 6.07) is 12.6. The van der Waals surface area contributed by atoms with Crippen LogP contribution in [-0.2, 0) is 10.8 Å². The molecule has 2 aromatic carbocycles. The lowest BCUT2D eigenvalue weighted by atomic mass is 9.89. The molecule has 162 valence electrons. The van der Waals surface area contributed by atoms with E-state index in [1.165, 1.54) is 5.56 Å². The number of primary amides is 1. The number of hydrogen-bond donors (Lipinski definition) is 2. The normalized spacial score (nSPS) is 17.4. The summed E-state index contributed by atoms with van der Waals surface area (Å²) in [5.41, 5.74) is 7.48. The number of hydrogen-bond acceptors (Lipinski definition) is 3. The van der Waals surface area contributed by atoms with Crippen LogP contribution in [0.1, 0.15) is 42.3 Å². The molecule has 1 aliphatic rings. The van der Waals surface area contributed by atoms with E-state index in [2.05, 4.69) is 16.3 Å². The Bertz CT molecular complexity index is 917. The smallest absolute Gasteiger partial charge is 0.312 e. The summed E-state index contributed by atoms with van der Waals surface area (Å²) in [6.07, 6.45) is 4.51. The number of rotatable bonds is 7. The van der Waals surface area contributed by atoms with Crippen molar-refractivity contribution in [3.05, 3.63) is 63.6 Å². The van der Waals surface area contributed by atoms with Gasteiger partial charge in [0.2, 0.25) is 0 Å². The Morgan fingerprint density at radius 2 is 1.90 bits per heavy atom. The maximum Gasteiger partial charge on any atom is 0.312 e. The van der Waals surface area contributed by atoms with Gasteiger partial charge in [0.25, 0.3) is 0 Å². The molecule has 1 fully saturated rings. The molecule has 1 saturated heterocycles. The van der Waals surface area contributed by atoms with Crippen molar-refractivity contribution in [3.8, 4) is 0 Å². The Balaban J connectivity index is 1.60. The molecular weight excluding hydrogens is 441 g/mol. The Hall–Kier alpha value is -1.60. The van der Waals surface area contributed by atoms with Crippen LogP contribution in [0.5, 0.6) is 0 Å². The van der Waals surface area contributed by atoms with Gasteiger partial charge in [0.1, 0.15) is 0 Å². The fourth-order valence-corrected chi connectivity index (χ4v) is 5.23. The van der Waals surface area contributed by atoms with Gasteiger partial charge in [-0.1, -0.05) is 47.5 Å². The number of benzene rings is 2. The third-order valence-electron chi connectivity index (χ3n) is 5.65. The second-order valence-corrected chi connectivity index (χ2v) is 9.79. The Morgan fingerprint density at radius 1 is 1.20 bits per heavy atom. The molecule has 0 aliphatic carbocycles. The summed E-state index contributed by atoms with van der Waals surface area (Å²) in [6.45, 7) is 2.75. The van der Waals surface area contributed by atoms with E-state index in [0.29, 0.717) is 16.0 Å². The third-order valence-corrected chi connectivity index (χ3v) is 7.38. The molecule has 2 unspecified atom stereocenters. The van der Waals surface area contributed by atoms with Crippen molar-refractivity contribution in [1.82, 2.24) is 10.2 Å². The molecule has 3 N–H and O–H groups in total. The number of piperidine rings is 1. The van der Waals surface area contributed by atoms with Crippen molar-refractivity contribution >= 4 is 40.0 Å². The number of carbonyl (C=O) groups excluding carboxylic acids is 1. The summed E-state index contributed by atoms with van der Waals surface area (Å²) in [5, 5.41) is 3.75. The van der Waals surface area contributed by atoms with E-state index < -0.39 is 16.8 Å². The third kappa shape index (κ3) is 5.97. The molecule has 8 heteroatoms. The number of nitrogens with zero attached hydrogens (tertiary/aromatic N) is 1. The van der Waals surface area contributed by atoms with E-state index in [0.717, 1.165) is 49.4 Å². The van der Waals surface area contributed by atoms with Crippen LogP contribution in [0.4, 0.5) is 4.79 Å². The molecule has 2 atom stereocenters. The van der Waals surface area contributed by atoms with Crippen molar-refractivity contribution in [2.24, 2.45) is 5.73 Å². The van der Waals surface area contributed by atoms with Gasteiger partial charge in [-0.15, -0.1) is 0 Å². The topological polar surface area (TPSA) is 75.4 Å². The highest BCUT2D eigenvalue weighted by molar-refractivity contribution is 7.84. The van der Waals surface area contributed by atoms with Crippen LogP contribution in [0.2, 0.25) is 10.0 Å². The SMILES string of the molecule is CS(=O)c1ccccc1C1CCN(CCC(NC(N)=O)c2ccc(Cl)c(Cl)c2)CC1. The minimum atomic E-state index is -0.977.